The fourth-order valence-electron chi connectivity index (χ4n) is 7.91. The van der Waals surface area contributed by atoms with Crippen LogP contribution in [0.2, 0.25) is 5.02 Å². The summed E-state index contributed by atoms with van der Waals surface area (Å²) in [4.78, 5) is 50.8. The number of benzene rings is 2. The summed E-state index contributed by atoms with van der Waals surface area (Å²) in [5.41, 5.74) is -5.10. The van der Waals surface area contributed by atoms with E-state index in [4.69, 9.17) is 11.6 Å². The first kappa shape index (κ1) is 56.1. The number of anilines is 1. The lowest BCUT2D eigenvalue weighted by Gasteiger charge is -2.23. The number of hydrogen-bond donors (Lipinski definition) is 4. The van der Waals surface area contributed by atoms with E-state index in [1.165, 1.54) is 30.0 Å². The van der Waals surface area contributed by atoms with Crippen molar-refractivity contribution < 1.29 is 76.6 Å². The topological polar surface area (TPSA) is 194 Å². The molecule has 1 aliphatic rings. The van der Waals surface area contributed by atoms with Crippen LogP contribution in [0.25, 0.3) is 22.0 Å². The van der Waals surface area contributed by atoms with E-state index in [1.807, 2.05) is 0 Å². The molecule has 0 radical (unpaired) electrons. The number of aromatic nitrogens is 5. The Bertz CT molecular complexity index is 3040. The molecule has 15 nitrogen and oxygen atoms in total. The van der Waals surface area contributed by atoms with Crippen molar-refractivity contribution in [1.29, 1.82) is 0 Å². The van der Waals surface area contributed by atoms with Crippen molar-refractivity contribution in [3.63, 3.8) is 0 Å². The van der Waals surface area contributed by atoms with Crippen LogP contribution in [-0.4, -0.2) is 86.6 Å². The number of urea groups is 1. The van der Waals surface area contributed by atoms with Crippen LogP contribution < -0.4 is 14.9 Å². The molecule has 0 saturated carbocycles. The summed E-state index contributed by atoms with van der Waals surface area (Å²) in [5, 5.41) is 11.3. The molecule has 29 heteroatoms. The monoisotopic (exact) mass is 1100 g/mol. The molecule has 3 heterocycles. The Kier molecular flexibility index (Phi) is 16.3. The van der Waals surface area contributed by atoms with Gasteiger partial charge in [-0.25, -0.2) is 27.3 Å². The highest BCUT2D eigenvalue weighted by Gasteiger charge is 2.53. The maximum absolute atomic E-state index is 15.4. The number of amides is 3. The standard InChI is InChI=1S/C43H42ClF10N8O7PS2/c1-21-17-41(47,48)37-32(21)36(43(52,53)54)58-60(37)19-31(63)57-30(15-23-13-24(45)16-25(46)14-23)34-27(8-7-26(56-34)11-12-40(3,4)71-5)28-9-10-29(44)33-35(28)61(20-42(49,50)51)59-38(33)62(72(6)68)39(64)55-18-22(2)69-70(65,66)67/h7-10,13-14,16,21-22,30H,15,17-20H2,1-6H3,(H,55,64)(H,57,63)(H2,65,66,67)/t21-,22?,30?,72?/m0/s1. The van der Waals surface area contributed by atoms with Gasteiger partial charge >= 0.3 is 26.2 Å². The number of nitrogens with one attached hydrogen (secondary N) is 2. The third-order valence-electron chi connectivity index (χ3n) is 10.8. The van der Waals surface area contributed by atoms with Gasteiger partial charge in [-0.3, -0.25) is 18.7 Å². The molecule has 6 rings (SSSR count). The van der Waals surface area contributed by atoms with Crippen molar-refractivity contribution in [3.05, 3.63) is 93.0 Å². The lowest BCUT2D eigenvalue weighted by molar-refractivity contribution is -0.143. The Labute approximate surface area is 415 Å². The zero-order valence-electron chi connectivity index (χ0n) is 38.3. The largest absolute Gasteiger partial charge is 0.469 e. The molecule has 0 fully saturated rings. The summed E-state index contributed by atoms with van der Waals surface area (Å²) in [7, 11) is -7.54. The van der Waals surface area contributed by atoms with Gasteiger partial charge < -0.3 is 20.4 Å². The van der Waals surface area contributed by atoms with Gasteiger partial charge in [0, 0.05) is 42.0 Å². The minimum absolute atomic E-state index is 0.0511. The Morgan fingerprint density at radius 3 is 2.28 bits per heavy atom. The van der Waals surface area contributed by atoms with Crippen LogP contribution in [0.5, 0.6) is 0 Å². The minimum Gasteiger partial charge on any atom is -0.346 e. The second-order valence-corrected chi connectivity index (χ2v) is 21.2. The van der Waals surface area contributed by atoms with Gasteiger partial charge in [-0.05, 0) is 81.2 Å². The van der Waals surface area contributed by atoms with Gasteiger partial charge in [-0.2, -0.15) is 49.6 Å². The number of rotatable bonds is 15. The predicted molar refractivity (Wildman–Crippen MR) is 246 cm³/mol. The van der Waals surface area contributed by atoms with E-state index < -0.39 is 150 Å². The van der Waals surface area contributed by atoms with E-state index in [9.17, 15) is 63.3 Å². The van der Waals surface area contributed by atoms with E-state index in [1.54, 1.807) is 20.1 Å². The summed E-state index contributed by atoms with van der Waals surface area (Å²) in [5.74, 6) is -3.54. The van der Waals surface area contributed by atoms with Crippen molar-refractivity contribution in [2.45, 2.75) is 94.7 Å². The highest BCUT2D eigenvalue weighted by atomic mass is 35.5. The quantitative estimate of drug-likeness (QED) is 0.0444. The number of halogens is 11. The molecule has 3 aromatic heterocycles. The molecule has 4 atom stereocenters. The molecule has 3 unspecified atom stereocenters. The first-order valence-electron chi connectivity index (χ1n) is 21.0. The van der Waals surface area contributed by atoms with E-state index in [0.29, 0.717) is 15.1 Å². The number of carbonyl (C=O) groups excluding carboxylic acids is 2. The zero-order valence-corrected chi connectivity index (χ0v) is 41.6. The first-order chi connectivity index (χ1) is 33.2. The highest BCUT2D eigenvalue weighted by Crippen LogP contribution is 2.52. The average Bonchev–Trinajstić information content (AvgIpc) is 3.87. The average molecular weight is 1100 g/mol. The van der Waals surface area contributed by atoms with Crippen LogP contribution in [-0.2, 0) is 56.5 Å². The molecule has 5 aromatic rings. The molecule has 0 bridgehead atoms. The number of hydrogen-bond acceptors (Lipinski definition) is 9. The number of thioether (sulfide) groups is 1. The van der Waals surface area contributed by atoms with Crippen LogP contribution >= 0.6 is 31.2 Å². The van der Waals surface area contributed by atoms with Crippen molar-refractivity contribution in [1.82, 2.24) is 35.2 Å². The zero-order chi connectivity index (χ0) is 53.6. The van der Waals surface area contributed by atoms with Crippen LogP contribution in [0.15, 0.2) is 42.5 Å². The van der Waals surface area contributed by atoms with E-state index in [2.05, 4.69) is 42.2 Å². The Morgan fingerprint density at radius 2 is 1.69 bits per heavy atom. The maximum Gasteiger partial charge on any atom is 0.469 e. The van der Waals surface area contributed by atoms with Crippen LogP contribution in [0.1, 0.15) is 80.0 Å². The molecular weight excluding hydrogens is 1060 g/mol. The van der Waals surface area contributed by atoms with Crippen molar-refractivity contribution in [3.8, 4) is 23.0 Å². The van der Waals surface area contributed by atoms with Gasteiger partial charge in [-0.15, -0.1) is 11.8 Å². The normalized spacial score (nSPS) is 16.2. The van der Waals surface area contributed by atoms with Gasteiger partial charge in [0.05, 0.1) is 38.5 Å². The Hall–Kier alpha value is -5.23. The molecule has 390 valence electrons. The molecule has 4 N–H and O–H groups in total. The predicted octanol–water partition coefficient (Wildman–Crippen LogP) is 9.31. The molecule has 72 heavy (non-hydrogen) atoms. The lowest BCUT2D eigenvalue weighted by Crippen LogP contribution is -2.44. The van der Waals surface area contributed by atoms with Crippen LogP contribution in [0, 0.1) is 23.5 Å². The van der Waals surface area contributed by atoms with Crippen LogP contribution in [0.4, 0.5) is 54.5 Å². The number of carbonyl (C=O) groups is 2. The molecule has 2 aromatic carbocycles. The Morgan fingerprint density at radius 1 is 1.06 bits per heavy atom. The van der Waals surface area contributed by atoms with Gasteiger partial charge in [0.1, 0.15) is 47.1 Å². The summed E-state index contributed by atoms with van der Waals surface area (Å²) >= 11 is 8.01. The summed E-state index contributed by atoms with van der Waals surface area (Å²) in [6, 6.07) is 4.22. The van der Waals surface area contributed by atoms with Gasteiger partial charge in [0.25, 0.3) is 5.92 Å². The van der Waals surface area contributed by atoms with Gasteiger partial charge in [0.15, 0.2) is 11.5 Å². The fourth-order valence-corrected chi connectivity index (χ4v) is 9.51. The number of fused-ring (bicyclic) bond motifs is 2. The second-order valence-electron chi connectivity index (χ2n) is 17.0. The molecule has 1 aliphatic carbocycles. The summed E-state index contributed by atoms with van der Waals surface area (Å²) < 4.78 is 176. The minimum atomic E-state index is -5.22. The molecule has 3 amide bonds. The second kappa shape index (κ2) is 20.9. The third kappa shape index (κ3) is 13.1. The maximum atomic E-state index is 15.4. The number of phosphoric acid groups is 1. The molecule has 0 saturated heterocycles. The number of alkyl halides is 8. The smallest absolute Gasteiger partial charge is 0.346 e. The lowest BCUT2D eigenvalue weighted by atomic mass is 9.93. The van der Waals surface area contributed by atoms with Crippen molar-refractivity contribution in [2.75, 3.05) is 23.4 Å². The molecular formula is C43H42ClF10N8O7PS2. The SMILES string of the molecule is CSC(C)(C)C#Cc1ccc(-c2ccc(Cl)c3c(N(C(=O)NCC(C)OP(=O)(O)O)S(C)=O)nn(CC(F)(F)F)c23)c(C(Cc2cc(F)cc(F)c2)NC(=O)Cn2nc(C(F)(F)F)c3c2C(F)(F)C[C@@H]3C)n1. The number of pyridine rings is 1. The van der Waals surface area contributed by atoms with Gasteiger partial charge in [0.2, 0.25) is 5.91 Å². The molecule has 0 aliphatic heterocycles. The highest BCUT2D eigenvalue weighted by molar-refractivity contribution is 8.00. The first-order valence-corrected chi connectivity index (χ1v) is 25.6. The van der Waals surface area contributed by atoms with Crippen molar-refractivity contribution in [2.24, 2.45) is 0 Å². The fraction of sp³-hybridized carbons (Fsp3) is 0.419. The third-order valence-corrected chi connectivity index (χ3v) is 13.8. The van der Waals surface area contributed by atoms with E-state index in [0.717, 1.165) is 38.3 Å². The number of phosphoric ester groups is 1. The molecule has 0 spiro atoms. The summed E-state index contributed by atoms with van der Waals surface area (Å²) in [6.45, 7) is 2.01. The van der Waals surface area contributed by atoms with E-state index >= 15 is 8.78 Å². The van der Waals surface area contributed by atoms with Gasteiger partial charge in [-0.1, -0.05) is 30.5 Å². The Balaban J connectivity index is 1.60. The number of nitrogens with zero attached hydrogens (tertiary/aromatic N) is 6. The van der Waals surface area contributed by atoms with E-state index in [-0.39, 0.29) is 37.8 Å². The van der Waals surface area contributed by atoms with Crippen LogP contribution in [0.3, 0.4) is 0 Å². The van der Waals surface area contributed by atoms with Crippen molar-refractivity contribution >= 4 is 70.8 Å². The summed E-state index contributed by atoms with van der Waals surface area (Å²) in [6.07, 6.45) is -10.6.